The molecular weight excluding hydrogens is 320 g/mol. The molecule has 1 N–H and O–H groups in total. The average Bonchev–Trinajstić information content (AvgIpc) is 2.87. The van der Waals surface area contributed by atoms with Crippen LogP contribution in [0.3, 0.4) is 0 Å². The highest BCUT2D eigenvalue weighted by Crippen LogP contribution is 2.20. The third-order valence-corrected chi connectivity index (χ3v) is 3.42. The Morgan fingerprint density at radius 1 is 1.40 bits per heavy atom. The van der Waals surface area contributed by atoms with E-state index in [9.17, 15) is 0 Å². The second kappa shape index (κ2) is 7.52. The van der Waals surface area contributed by atoms with Crippen LogP contribution in [0.4, 0.5) is 0 Å². The summed E-state index contributed by atoms with van der Waals surface area (Å²) in [6.07, 6.45) is 1.10. The van der Waals surface area contributed by atoms with E-state index in [1.165, 1.54) is 0 Å². The van der Waals surface area contributed by atoms with Gasteiger partial charge in [-0.1, -0.05) is 33.2 Å². The molecule has 1 aromatic heterocycles. The molecule has 0 spiro atoms. The van der Waals surface area contributed by atoms with Crippen molar-refractivity contribution in [3.05, 3.63) is 34.6 Å². The molecule has 0 bridgehead atoms. The SMILES string of the molecule is CNCCCN(C)Cc1nc(-c2cccc(Br)c2)no1. The van der Waals surface area contributed by atoms with Crippen LogP contribution in [-0.2, 0) is 6.54 Å². The zero-order chi connectivity index (χ0) is 14.4. The summed E-state index contributed by atoms with van der Waals surface area (Å²) in [6, 6.07) is 7.88. The van der Waals surface area contributed by atoms with E-state index in [-0.39, 0.29) is 0 Å². The monoisotopic (exact) mass is 338 g/mol. The highest BCUT2D eigenvalue weighted by Gasteiger charge is 2.10. The fourth-order valence-corrected chi connectivity index (χ4v) is 2.30. The van der Waals surface area contributed by atoms with Gasteiger partial charge in [0.05, 0.1) is 6.54 Å². The van der Waals surface area contributed by atoms with Gasteiger partial charge in [0.15, 0.2) is 0 Å². The third-order valence-electron chi connectivity index (χ3n) is 2.92. The molecule has 0 aliphatic heterocycles. The first kappa shape index (κ1) is 15.2. The maximum absolute atomic E-state index is 5.30. The van der Waals surface area contributed by atoms with Gasteiger partial charge in [0.25, 0.3) is 0 Å². The normalized spacial score (nSPS) is 11.2. The molecule has 5 nitrogen and oxygen atoms in total. The van der Waals surface area contributed by atoms with E-state index in [1.807, 2.05) is 31.3 Å². The predicted octanol–water partition coefficient (Wildman–Crippen LogP) is 2.54. The Bertz CT molecular complexity index is 543. The van der Waals surface area contributed by atoms with Gasteiger partial charge in [-0.25, -0.2) is 0 Å². The van der Waals surface area contributed by atoms with Crippen molar-refractivity contribution in [2.75, 3.05) is 27.2 Å². The largest absolute Gasteiger partial charge is 0.338 e. The van der Waals surface area contributed by atoms with Gasteiger partial charge in [-0.05, 0) is 45.7 Å². The van der Waals surface area contributed by atoms with Gasteiger partial charge < -0.3 is 9.84 Å². The number of nitrogens with zero attached hydrogens (tertiary/aromatic N) is 3. The number of benzene rings is 1. The molecule has 108 valence electrons. The number of hydrogen-bond acceptors (Lipinski definition) is 5. The Kier molecular flexibility index (Phi) is 5.70. The summed E-state index contributed by atoms with van der Waals surface area (Å²) < 4.78 is 6.31. The number of hydrogen-bond donors (Lipinski definition) is 1. The van der Waals surface area contributed by atoms with Crippen molar-refractivity contribution in [1.82, 2.24) is 20.4 Å². The van der Waals surface area contributed by atoms with E-state index in [4.69, 9.17) is 4.52 Å². The summed E-state index contributed by atoms with van der Waals surface area (Å²) in [5.41, 5.74) is 0.951. The lowest BCUT2D eigenvalue weighted by Gasteiger charge is -2.13. The van der Waals surface area contributed by atoms with Gasteiger partial charge in [-0.15, -0.1) is 0 Å². The van der Waals surface area contributed by atoms with Crippen LogP contribution < -0.4 is 5.32 Å². The van der Waals surface area contributed by atoms with Crippen LogP contribution >= 0.6 is 15.9 Å². The van der Waals surface area contributed by atoms with Crippen molar-refractivity contribution in [2.24, 2.45) is 0 Å². The van der Waals surface area contributed by atoms with Crippen LogP contribution in [0.2, 0.25) is 0 Å². The fourth-order valence-electron chi connectivity index (χ4n) is 1.90. The van der Waals surface area contributed by atoms with Crippen molar-refractivity contribution in [3.63, 3.8) is 0 Å². The summed E-state index contributed by atoms with van der Waals surface area (Å²) in [7, 11) is 4.01. The fraction of sp³-hybridized carbons (Fsp3) is 0.429. The van der Waals surface area contributed by atoms with Gasteiger partial charge in [-0.3, -0.25) is 4.90 Å². The molecule has 2 aromatic rings. The molecule has 0 fully saturated rings. The van der Waals surface area contributed by atoms with Crippen molar-refractivity contribution >= 4 is 15.9 Å². The van der Waals surface area contributed by atoms with Gasteiger partial charge >= 0.3 is 0 Å². The highest BCUT2D eigenvalue weighted by molar-refractivity contribution is 9.10. The first-order valence-electron chi connectivity index (χ1n) is 6.60. The molecule has 0 saturated carbocycles. The molecule has 0 radical (unpaired) electrons. The minimum absolute atomic E-state index is 0.630. The van der Waals surface area contributed by atoms with Gasteiger partial charge in [-0.2, -0.15) is 4.98 Å². The topological polar surface area (TPSA) is 54.2 Å². The molecule has 2 rings (SSSR count). The van der Waals surface area contributed by atoms with Gasteiger partial charge in [0.1, 0.15) is 0 Å². The van der Waals surface area contributed by atoms with E-state index in [2.05, 4.69) is 43.3 Å². The maximum atomic E-state index is 5.30. The quantitative estimate of drug-likeness (QED) is 0.786. The molecule has 0 amide bonds. The smallest absolute Gasteiger partial charge is 0.241 e. The van der Waals surface area contributed by atoms with Crippen LogP contribution in [0.5, 0.6) is 0 Å². The standard InChI is InChI=1S/C14H19BrN4O/c1-16-7-4-8-19(2)10-13-17-14(18-20-13)11-5-3-6-12(15)9-11/h3,5-6,9,16H,4,7-8,10H2,1-2H3. The minimum Gasteiger partial charge on any atom is -0.338 e. The van der Waals surface area contributed by atoms with E-state index in [1.54, 1.807) is 0 Å². The molecule has 0 aliphatic carbocycles. The van der Waals surface area contributed by atoms with Crippen LogP contribution in [0.25, 0.3) is 11.4 Å². The summed E-state index contributed by atoms with van der Waals surface area (Å²) >= 11 is 3.44. The van der Waals surface area contributed by atoms with Crippen LogP contribution in [0.1, 0.15) is 12.3 Å². The summed E-state index contributed by atoms with van der Waals surface area (Å²) in [6.45, 7) is 2.68. The molecule has 0 unspecified atom stereocenters. The Morgan fingerprint density at radius 3 is 3.00 bits per heavy atom. The Labute approximate surface area is 127 Å². The Morgan fingerprint density at radius 2 is 2.25 bits per heavy atom. The predicted molar refractivity (Wildman–Crippen MR) is 82.3 cm³/mol. The molecule has 1 aromatic carbocycles. The van der Waals surface area contributed by atoms with Crippen molar-refractivity contribution in [3.8, 4) is 11.4 Å². The van der Waals surface area contributed by atoms with Crippen molar-refractivity contribution in [1.29, 1.82) is 0 Å². The lowest BCUT2D eigenvalue weighted by molar-refractivity contribution is 0.264. The van der Waals surface area contributed by atoms with Crippen LogP contribution in [-0.4, -0.2) is 42.2 Å². The van der Waals surface area contributed by atoms with E-state index < -0.39 is 0 Å². The Balaban J connectivity index is 1.95. The highest BCUT2D eigenvalue weighted by atomic mass is 79.9. The van der Waals surface area contributed by atoms with E-state index in [0.717, 1.165) is 29.5 Å². The molecule has 20 heavy (non-hydrogen) atoms. The molecule has 6 heteroatoms. The first-order valence-corrected chi connectivity index (χ1v) is 7.40. The molecule has 0 atom stereocenters. The number of halogens is 1. The third kappa shape index (κ3) is 4.40. The molecular formula is C14H19BrN4O. The van der Waals surface area contributed by atoms with Crippen LogP contribution in [0.15, 0.2) is 33.3 Å². The second-order valence-corrected chi connectivity index (χ2v) is 5.63. The number of rotatable bonds is 7. The lowest BCUT2D eigenvalue weighted by Crippen LogP contribution is -2.22. The van der Waals surface area contributed by atoms with Gasteiger partial charge in [0.2, 0.25) is 11.7 Å². The zero-order valence-electron chi connectivity index (χ0n) is 11.8. The lowest BCUT2D eigenvalue weighted by atomic mass is 10.2. The summed E-state index contributed by atoms with van der Waals surface area (Å²) in [5.74, 6) is 1.27. The van der Waals surface area contributed by atoms with Gasteiger partial charge in [0, 0.05) is 10.0 Å². The number of nitrogens with one attached hydrogen (secondary N) is 1. The Hall–Kier alpha value is -1.24. The number of aromatic nitrogens is 2. The van der Waals surface area contributed by atoms with Crippen LogP contribution in [0, 0.1) is 0 Å². The maximum Gasteiger partial charge on any atom is 0.241 e. The minimum atomic E-state index is 0.630. The molecule has 1 heterocycles. The summed E-state index contributed by atoms with van der Waals surface area (Å²) in [5, 5.41) is 7.17. The van der Waals surface area contributed by atoms with Crippen molar-refractivity contribution in [2.45, 2.75) is 13.0 Å². The van der Waals surface area contributed by atoms with E-state index in [0.29, 0.717) is 18.3 Å². The van der Waals surface area contributed by atoms with E-state index >= 15 is 0 Å². The van der Waals surface area contributed by atoms with Crippen molar-refractivity contribution < 1.29 is 4.52 Å². The molecule has 0 aliphatic rings. The summed E-state index contributed by atoms with van der Waals surface area (Å²) in [4.78, 5) is 6.61. The average molecular weight is 339 g/mol. The molecule has 0 saturated heterocycles. The zero-order valence-corrected chi connectivity index (χ0v) is 13.4. The second-order valence-electron chi connectivity index (χ2n) is 4.72. The first-order chi connectivity index (χ1) is 9.69.